The van der Waals surface area contributed by atoms with Gasteiger partial charge in [0, 0.05) is 21.5 Å². The Morgan fingerprint density at radius 1 is 1.29 bits per heavy atom. The number of rotatable bonds is 6. The quantitative estimate of drug-likeness (QED) is 0.107. The maximum Gasteiger partial charge on any atom is 0.173 e. The first kappa shape index (κ1) is 35.2. The zero-order valence-electron chi connectivity index (χ0n) is 24.0. The Bertz CT molecular complexity index is 995. The zero-order chi connectivity index (χ0) is 29.1. The van der Waals surface area contributed by atoms with Crippen LogP contribution in [0.2, 0.25) is 0 Å². The molecular weight excluding hydrogens is 504 g/mol. The smallest absolute Gasteiger partial charge is 0.173 e. The zero-order valence-corrected chi connectivity index (χ0v) is 24.8. The number of anilines is 1. The van der Waals surface area contributed by atoms with E-state index in [1.54, 1.807) is 24.5 Å². The van der Waals surface area contributed by atoms with Crippen molar-refractivity contribution in [1.29, 1.82) is 0 Å². The summed E-state index contributed by atoms with van der Waals surface area (Å²) >= 11 is 1.77. The van der Waals surface area contributed by atoms with E-state index in [9.17, 15) is 8.78 Å². The first-order chi connectivity index (χ1) is 18.3. The molecule has 3 rings (SSSR count). The van der Waals surface area contributed by atoms with Crippen LogP contribution in [0.5, 0.6) is 0 Å². The molecule has 0 amide bonds. The number of halogens is 2. The van der Waals surface area contributed by atoms with Crippen LogP contribution in [0.25, 0.3) is 10.4 Å². The van der Waals surface area contributed by atoms with Crippen molar-refractivity contribution in [2.45, 2.75) is 72.8 Å². The highest BCUT2D eigenvalue weighted by molar-refractivity contribution is 7.15. The number of hydrogen-bond acceptors (Lipinski definition) is 7. The van der Waals surface area contributed by atoms with Gasteiger partial charge in [0.2, 0.25) is 0 Å². The third-order valence-electron chi connectivity index (χ3n) is 5.56. The molecule has 1 aliphatic rings. The fraction of sp³-hybridized carbons (Fsp3) is 0.500. The van der Waals surface area contributed by atoms with Gasteiger partial charge in [0.05, 0.1) is 24.6 Å². The third kappa shape index (κ3) is 11.3. The molecule has 0 spiro atoms. The van der Waals surface area contributed by atoms with E-state index < -0.39 is 6.04 Å². The molecule has 1 fully saturated rings. The Morgan fingerprint density at radius 2 is 1.92 bits per heavy atom. The molecule has 214 valence electrons. The molecule has 0 saturated carbocycles. The van der Waals surface area contributed by atoms with Crippen molar-refractivity contribution in [1.82, 2.24) is 15.3 Å². The first-order valence-electron chi connectivity index (χ1n) is 13.0. The van der Waals surface area contributed by atoms with Crippen LogP contribution in [-0.2, 0) is 0 Å². The second-order valence-electron chi connectivity index (χ2n) is 8.21. The van der Waals surface area contributed by atoms with E-state index in [1.165, 1.54) is 22.9 Å². The van der Waals surface area contributed by atoms with Gasteiger partial charge in [0.1, 0.15) is 5.82 Å². The van der Waals surface area contributed by atoms with Crippen LogP contribution >= 0.6 is 11.3 Å². The Labute approximate surface area is 231 Å². The Kier molecular flexibility index (Phi) is 18.7. The van der Waals surface area contributed by atoms with Crippen molar-refractivity contribution in [2.75, 3.05) is 26.0 Å². The van der Waals surface area contributed by atoms with E-state index in [1.807, 2.05) is 26.8 Å². The van der Waals surface area contributed by atoms with Gasteiger partial charge in [-0.1, -0.05) is 32.9 Å². The van der Waals surface area contributed by atoms with E-state index >= 15 is 0 Å². The number of thiophene rings is 1. The lowest BCUT2D eigenvalue weighted by atomic mass is 9.97. The number of amidine groups is 1. The fourth-order valence-corrected chi connectivity index (χ4v) is 4.90. The Balaban J connectivity index is 0.00000134. The predicted molar refractivity (Wildman–Crippen MR) is 161 cm³/mol. The number of hydrazone groups is 1. The molecule has 2 aromatic heterocycles. The second kappa shape index (κ2) is 20.2. The van der Waals surface area contributed by atoms with Gasteiger partial charge in [-0.3, -0.25) is 9.40 Å². The van der Waals surface area contributed by atoms with Gasteiger partial charge < -0.3 is 16.9 Å². The van der Waals surface area contributed by atoms with E-state index in [0.717, 1.165) is 42.8 Å². The molecule has 10 heteroatoms. The van der Waals surface area contributed by atoms with E-state index in [0.29, 0.717) is 18.7 Å². The summed E-state index contributed by atoms with van der Waals surface area (Å²) in [6.07, 6.45) is 10.8. The topological polar surface area (TPSA) is 119 Å². The lowest BCUT2D eigenvalue weighted by molar-refractivity contribution is 0.387. The van der Waals surface area contributed by atoms with Gasteiger partial charge >= 0.3 is 0 Å². The highest BCUT2D eigenvalue weighted by Crippen LogP contribution is 2.36. The van der Waals surface area contributed by atoms with Gasteiger partial charge in [-0.15, -0.1) is 11.3 Å². The van der Waals surface area contributed by atoms with Crippen LogP contribution in [0.3, 0.4) is 0 Å². The molecule has 0 aromatic carbocycles. The molecule has 38 heavy (non-hydrogen) atoms. The van der Waals surface area contributed by atoms with Crippen molar-refractivity contribution in [3.8, 4) is 10.4 Å². The van der Waals surface area contributed by atoms with E-state index in [4.69, 9.17) is 17.4 Å². The second-order valence-corrected chi connectivity index (χ2v) is 9.33. The van der Waals surface area contributed by atoms with Crippen LogP contribution in [0.1, 0.15) is 77.2 Å². The van der Waals surface area contributed by atoms with Crippen molar-refractivity contribution >= 4 is 23.0 Å². The summed E-state index contributed by atoms with van der Waals surface area (Å²) in [4.78, 5) is 6.79. The minimum atomic E-state index is -0.460. The molecule has 3 heterocycles. The molecule has 0 aliphatic carbocycles. The number of hydrogen-bond donors (Lipinski definition) is 4. The van der Waals surface area contributed by atoms with Crippen LogP contribution < -0.4 is 22.7 Å². The molecule has 1 aliphatic heterocycles. The maximum atomic E-state index is 13.3. The molecule has 0 bridgehead atoms. The van der Waals surface area contributed by atoms with Crippen molar-refractivity contribution in [3.05, 3.63) is 58.9 Å². The van der Waals surface area contributed by atoms with Crippen molar-refractivity contribution in [3.63, 3.8) is 0 Å². The van der Waals surface area contributed by atoms with E-state index in [2.05, 4.69) is 46.6 Å². The molecule has 1 saturated heterocycles. The highest BCUT2D eigenvalue weighted by atomic mass is 32.1. The number of nitrogen functional groups attached to an aromatic ring is 1. The van der Waals surface area contributed by atoms with Crippen LogP contribution in [-0.4, -0.2) is 42.1 Å². The number of hydrazine groups is 1. The standard InChI is InChI=1S/C20H28FN7S.C5H10.C2H6.CH3F/c1-12(21)9-13(2)28(24)20(27-23)16-10-15(11-26-19(16)22)18-4-3-17(29-18)14-5-7-25-8-6-14;1-3-5-4-2;2*1-2/h3-4,9-11,13-14,25H,5-8,23-24H2,1-2H3,(H2,22,26);3,5H,4H2,1-2H3;1-2H3;1H3/b12-9+,27-20-;5-3-;;. The largest absolute Gasteiger partial charge is 0.383 e. The number of nitrogens with two attached hydrogens (primary N) is 3. The monoisotopic (exact) mass is 551 g/mol. The Hall–Kier alpha value is -2.82. The number of pyridine rings is 1. The molecule has 1 atom stereocenters. The number of aromatic nitrogens is 1. The molecule has 7 N–H and O–H groups in total. The van der Waals surface area contributed by atoms with Crippen LogP contribution in [0.15, 0.2) is 53.6 Å². The van der Waals surface area contributed by atoms with Gasteiger partial charge in [-0.05, 0) is 83.3 Å². The average Bonchev–Trinajstić information content (AvgIpc) is 3.44. The summed E-state index contributed by atoms with van der Waals surface area (Å²) in [5, 5.41) is 8.49. The van der Waals surface area contributed by atoms with Crippen molar-refractivity contribution in [2.24, 2.45) is 16.8 Å². The summed E-state index contributed by atoms with van der Waals surface area (Å²) in [6, 6.07) is 5.72. The number of nitrogens with zero attached hydrogens (tertiary/aromatic N) is 3. The summed E-state index contributed by atoms with van der Waals surface area (Å²) < 4.78 is 22.8. The molecular formula is C28H47F2N7S. The normalized spacial score (nSPS) is 14.9. The predicted octanol–water partition coefficient (Wildman–Crippen LogP) is 6.50. The van der Waals surface area contributed by atoms with Gasteiger partial charge in [-0.2, -0.15) is 5.10 Å². The van der Waals surface area contributed by atoms with Crippen molar-refractivity contribution < 1.29 is 8.78 Å². The molecule has 2 aromatic rings. The fourth-order valence-electron chi connectivity index (χ4n) is 3.74. The number of piperidine rings is 1. The summed E-state index contributed by atoms with van der Waals surface area (Å²) in [6.45, 7) is 13.4. The maximum absolute atomic E-state index is 13.3. The third-order valence-corrected chi connectivity index (χ3v) is 6.86. The molecule has 1 unspecified atom stereocenters. The van der Waals surface area contributed by atoms with Crippen LogP contribution in [0.4, 0.5) is 14.6 Å². The highest BCUT2D eigenvalue weighted by Gasteiger charge is 2.21. The Morgan fingerprint density at radius 3 is 2.42 bits per heavy atom. The van der Waals surface area contributed by atoms with Crippen LogP contribution in [0, 0.1) is 0 Å². The first-order valence-corrected chi connectivity index (χ1v) is 13.8. The minimum absolute atomic E-state index is 0.247. The van der Waals surface area contributed by atoms with Gasteiger partial charge in [0.15, 0.2) is 5.84 Å². The van der Waals surface area contributed by atoms with Gasteiger partial charge in [-0.25, -0.2) is 15.2 Å². The van der Waals surface area contributed by atoms with E-state index in [-0.39, 0.29) is 17.5 Å². The number of alkyl halides is 1. The average molecular weight is 552 g/mol. The molecule has 7 nitrogen and oxygen atoms in total. The number of allylic oxidation sites excluding steroid dienone is 3. The summed E-state index contributed by atoms with van der Waals surface area (Å²) in [7, 11) is 0.500. The summed E-state index contributed by atoms with van der Waals surface area (Å²) in [5.74, 6) is 12.5. The lowest BCUT2D eigenvalue weighted by Gasteiger charge is -2.25. The summed E-state index contributed by atoms with van der Waals surface area (Å²) in [5.41, 5.74) is 7.51. The SMILES string of the molecule is C/C(F)=C\C(C)N(N)/C(=N\N)c1cc(-c2ccc(C3CCNCC3)s2)cnc1N.C/C=C\CC.CC.CF. The molecule has 0 radical (unpaired) electrons. The lowest BCUT2D eigenvalue weighted by Crippen LogP contribution is -2.44. The number of nitrogens with one attached hydrogen (secondary N) is 1. The minimum Gasteiger partial charge on any atom is -0.383 e. The van der Waals surface area contributed by atoms with Gasteiger partial charge in [0.25, 0.3) is 0 Å².